The van der Waals surface area contributed by atoms with Crippen molar-refractivity contribution in [2.75, 3.05) is 7.11 Å². The van der Waals surface area contributed by atoms with E-state index in [4.69, 9.17) is 20.8 Å². The van der Waals surface area contributed by atoms with E-state index in [1.165, 1.54) is 18.4 Å². The van der Waals surface area contributed by atoms with Crippen LogP contribution in [0.1, 0.15) is 21.0 Å². The van der Waals surface area contributed by atoms with E-state index in [-0.39, 0.29) is 0 Å². The molecule has 0 aliphatic carbocycles. The highest BCUT2D eigenvalue weighted by atomic mass is 35.5. The lowest BCUT2D eigenvalue weighted by molar-refractivity contribution is 0.0995. The Labute approximate surface area is 147 Å². The predicted molar refractivity (Wildman–Crippen MR) is 92.8 cm³/mol. The molecular weight excluding hydrogens is 348 g/mol. The van der Waals surface area contributed by atoms with Crippen LogP contribution in [0.2, 0.25) is 5.02 Å². The maximum Gasteiger partial charge on any atom is 0.283 e. The number of amides is 1. The van der Waals surface area contributed by atoms with E-state index in [1.807, 2.05) is 29.8 Å². The van der Waals surface area contributed by atoms with Crippen LogP contribution in [0.25, 0.3) is 0 Å². The van der Waals surface area contributed by atoms with Crippen molar-refractivity contribution >= 4 is 28.8 Å². The first-order chi connectivity index (χ1) is 11.6. The van der Waals surface area contributed by atoms with Crippen molar-refractivity contribution in [2.45, 2.75) is 13.5 Å². The number of hydrogen-bond donors (Lipinski definition) is 0. The molecule has 0 saturated carbocycles. The summed E-state index contributed by atoms with van der Waals surface area (Å²) in [6.07, 6.45) is 3.56. The van der Waals surface area contributed by atoms with Gasteiger partial charge in [0.25, 0.3) is 5.91 Å². The standard InChI is InChI=1S/C17H15ClN2O3S/c1-11-9-20(10-13-4-3-7-23-13)17(24-11)19-16(21)14-8-12(18)5-6-15(14)22-2/h3-9H,10H2,1-2H3/b19-17-. The number of nitrogens with zero attached hydrogens (tertiary/aromatic N) is 2. The van der Waals surface area contributed by atoms with Crippen LogP contribution in [0.5, 0.6) is 5.75 Å². The molecule has 3 rings (SSSR count). The van der Waals surface area contributed by atoms with Crippen LogP contribution in [0, 0.1) is 6.92 Å². The van der Waals surface area contributed by atoms with E-state index in [9.17, 15) is 4.79 Å². The van der Waals surface area contributed by atoms with Crippen molar-refractivity contribution in [3.8, 4) is 5.75 Å². The topological polar surface area (TPSA) is 56.7 Å². The Morgan fingerprint density at radius 3 is 2.96 bits per heavy atom. The first kappa shape index (κ1) is 16.5. The molecule has 0 atom stereocenters. The molecule has 124 valence electrons. The molecule has 0 fully saturated rings. The molecule has 24 heavy (non-hydrogen) atoms. The minimum Gasteiger partial charge on any atom is -0.496 e. The maximum absolute atomic E-state index is 12.6. The number of thiazole rings is 1. The molecule has 0 unspecified atom stereocenters. The predicted octanol–water partition coefficient (Wildman–Crippen LogP) is 3.90. The number of aryl methyl sites for hydroxylation is 1. The number of furan rings is 1. The van der Waals surface area contributed by atoms with Gasteiger partial charge in [0.05, 0.1) is 25.5 Å². The monoisotopic (exact) mass is 362 g/mol. The average molecular weight is 363 g/mol. The molecule has 3 aromatic rings. The maximum atomic E-state index is 12.6. The second-order valence-corrected chi connectivity index (χ2v) is 6.74. The molecule has 0 spiro atoms. The van der Waals surface area contributed by atoms with E-state index < -0.39 is 5.91 Å². The van der Waals surface area contributed by atoms with Crippen LogP contribution in [-0.2, 0) is 6.54 Å². The molecule has 0 bridgehead atoms. The largest absolute Gasteiger partial charge is 0.496 e. The van der Waals surface area contributed by atoms with Crippen molar-refractivity contribution in [2.24, 2.45) is 4.99 Å². The highest BCUT2D eigenvalue weighted by molar-refractivity contribution is 7.09. The zero-order valence-electron chi connectivity index (χ0n) is 13.2. The minimum absolute atomic E-state index is 0.334. The molecule has 1 aromatic carbocycles. The Bertz CT molecular complexity index is 926. The van der Waals surface area contributed by atoms with E-state index in [0.29, 0.717) is 27.7 Å². The van der Waals surface area contributed by atoms with Gasteiger partial charge < -0.3 is 13.7 Å². The number of ether oxygens (including phenoxy) is 1. The molecule has 0 aliphatic heterocycles. The second kappa shape index (κ2) is 7.07. The minimum atomic E-state index is -0.399. The molecule has 5 nitrogen and oxygen atoms in total. The number of methoxy groups -OCH3 is 1. The lowest BCUT2D eigenvalue weighted by Gasteiger charge is -2.05. The van der Waals surface area contributed by atoms with E-state index >= 15 is 0 Å². The van der Waals surface area contributed by atoms with Crippen LogP contribution < -0.4 is 9.54 Å². The molecular formula is C17H15ClN2O3S. The van der Waals surface area contributed by atoms with Gasteiger partial charge in [0.15, 0.2) is 4.80 Å². The normalized spacial score (nSPS) is 11.7. The molecule has 1 amide bonds. The van der Waals surface area contributed by atoms with Gasteiger partial charge in [0, 0.05) is 16.1 Å². The van der Waals surface area contributed by atoms with Crippen LogP contribution in [-0.4, -0.2) is 17.6 Å². The Morgan fingerprint density at radius 1 is 1.42 bits per heavy atom. The summed E-state index contributed by atoms with van der Waals surface area (Å²) in [4.78, 5) is 18.5. The summed E-state index contributed by atoms with van der Waals surface area (Å²) in [5.41, 5.74) is 0.334. The Kier molecular flexibility index (Phi) is 4.87. The third kappa shape index (κ3) is 3.60. The summed E-state index contributed by atoms with van der Waals surface area (Å²) < 4.78 is 12.5. The number of halogens is 1. The Morgan fingerprint density at radius 2 is 2.25 bits per heavy atom. The highest BCUT2D eigenvalue weighted by Crippen LogP contribution is 2.23. The molecule has 2 aromatic heterocycles. The first-order valence-electron chi connectivity index (χ1n) is 7.18. The fraction of sp³-hybridized carbons (Fsp3) is 0.176. The van der Waals surface area contributed by atoms with Crippen molar-refractivity contribution < 1.29 is 13.9 Å². The smallest absolute Gasteiger partial charge is 0.283 e. The van der Waals surface area contributed by atoms with Gasteiger partial charge in [-0.25, -0.2) is 0 Å². The van der Waals surface area contributed by atoms with E-state index in [1.54, 1.807) is 24.5 Å². The number of hydrogen-bond acceptors (Lipinski definition) is 4. The average Bonchev–Trinajstić information content (AvgIpc) is 3.18. The van der Waals surface area contributed by atoms with Gasteiger partial charge in [-0.2, -0.15) is 4.99 Å². The number of aromatic nitrogens is 1. The lowest BCUT2D eigenvalue weighted by atomic mass is 10.2. The summed E-state index contributed by atoms with van der Waals surface area (Å²) in [5.74, 6) is 0.838. The van der Waals surface area contributed by atoms with Gasteiger partial charge in [-0.15, -0.1) is 11.3 Å². The van der Waals surface area contributed by atoms with Crippen LogP contribution >= 0.6 is 22.9 Å². The Balaban J connectivity index is 1.99. The van der Waals surface area contributed by atoms with Gasteiger partial charge in [-0.05, 0) is 37.3 Å². The van der Waals surface area contributed by atoms with Crippen molar-refractivity contribution in [1.82, 2.24) is 4.57 Å². The summed E-state index contributed by atoms with van der Waals surface area (Å²) in [6.45, 7) is 2.48. The third-order valence-corrected chi connectivity index (χ3v) is 4.50. The number of rotatable bonds is 4. The van der Waals surface area contributed by atoms with Gasteiger partial charge in [-0.3, -0.25) is 4.79 Å². The second-order valence-electron chi connectivity index (χ2n) is 5.09. The SMILES string of the molecule is COc1ccc(Cl)cc1C(=O)/N=c1\sc(C)cn1Cc1ccco1. The van der Waals surface area contributed by atoms with Gasteiger partial charge in [-0.1, -0.05) is 11.6 Å². The first-order valence-corrected chi connectivity index (χ1v) is 8.38. The van der Waals surface area contributed by atoms with Gasteiger partial charge in [0.2, 0.25) is 0 Å². The zero-order valence-corrected chi connectivity index (χ0v) is 14.7. The number of benzene rings is 1. The fourth-order valence-electron chi connectivity index (χ4n) is 2.27. The van der Waals surface area contributed by atoms with E-state index in [2.05, 4.69) is 4.99 Å². The summed E-state index contributed by atoms with van der Waals surface area (Å²) in [5, 5.41) is 0.458. The summed E-state index contributed by atoms with van der Waals surface area (Å²) in [6, 6.07) is 8.59. The quantitative estimate of drug-likeness (QED) is 0.707. The van der Waals surface area contributed by atoms with Crippen LogP contribution in [0.15, 0.2) is 52.2 Å². The van der Waals surface area contributed by atoms with Crippen molar-refractivity contribution in [1.29, 1.82) is 0 Å². The third-order valence-electron chi connectivity index (χ3n) is 3.33. The Hall–Kier alpha value is -2.31. The van der Waals surface area contributed by atoms with E-state index in [0.717, 1.165) is 10.6 Å². The molecule has 0 radical (unpaired) electrons. The van der Waals surface area contributed by atoms with Gasteiger partial charge in [0.1, 0.15) is 11.5 Å². The summed E-state index contributed by atoms with van der Waals surface area (Å²) in [7, 11) is 1.51. The molecule has 0 saturated heterocycles. The van der Waals surface area contributed by atoms with Crippen LogP contribution in [0.4, 0.5) is 0 Å². The molecule has 0 N–H and O–H groups in total. The fourth-order valence-corrected chi connectivity index (χ4v) is 3.27. The lowest BCUT2D eigenvalue weighted by Crippen LogP contribution is -2.17. The zero-order chi connectivity index (χ0) is 17.1. The van der Waals surface area contributed by atoms with Crippen molar-refractivity contribution in [3.05, 3.63) is 68.8 Å². The highest BCUT2D eigenvalue weighted by Gasteiger charge is 2.13. The number of carbonyl (C=O) groups is 1. The van der Waals surface area contributed by atoms with Gasteiger partial charge >= 0.3 is 0 Å². The molecule has 7 heteroatoms. The summed E-state index contributed by atoms with van der Waals surface area (Å²) >= 11 is 7.42. The van der Waals surface area contributed by atoms with Crippen LogP contribution in [0.3, 0.4) is 0 Å². The number of carbonyl (C=O) groups excluding carboxylic acids is 1. The molecule has 2 heterocycles. The molecule has 0 aliphatic rings. The van der Waals surface area contributed by atoms with Crippen molar-refractivity contribution in [3.63, 3.8) is 0 Å².